The molecule has 3 aromatic carbocycles. The molecule has 0 unspecified atom stereocenters. The molecule has 0 atom stereocenters. The second kappa shape index (κ2) is 12.6. The van der Waals surface area contributed by atoms with Crippen LogP contribution in [0.25, 0.3) is 28.7 Å². The summed E-state index contributed by atoms with van der Waals surface area (Å²) < 4.78 is 4.88. The number of benzene rings is 3. The molecule has 0 fully saturated rings. The van der Waals surface area contributed by atoms with Gasteiger partial charge in [0.1, 0.15) is 17.3 Å². The van der Waals surface area contributed by atoms with E-state index in [1.54, 1.807) is 41.3 Å². The normalized spacial score (nSPS) is 11.3. The van der Waals surface area contributed by atoms with Gasteiger partial charge in [-0.05, 0) is 61.6 Å². The molecule has 5 aromatic rings. The lowest BCUT2D eigenvalue weighted by molar-refractivity contribution is -0.112. The number of anilines is 1. The summed E-state index contributed by atoms with van der Waals surface area (Å²) in [5.41, 5.74) is 3.76. The average Bonchev–Trinajstić information content (AvgIpc) is 3.54. The Hall–Kier alpha value is -5.07. The number of nitrogens with zero attached hydrogens (tertiary/aromatic N) is 5. The Kier molecular flexibility index (Phi) is 8.55. The molecule has 5 rings (SSSR count). The van der Waals surface area contributed by atoms with E-state index in [-0.39, 0.29) is 16.8 Å². The molecule has 0 aliphatic rings. The van der Waals surface area contributed by atoms with E-state index < -0.39 is 5.91 Å². The minimum absolute atomic E-state index is 0.118. The van der Waals surface area contributed by atoms with Crippen LogP contribution in [0, 0.1) is 18.3 Å². The molecule has 1 N–H and O–H groups in total. The summed E-state index contributed by atoms with van der Waals surface area (Å²) in [6.45, 7) is 3.90. The molecule has 0 saturated heterocycles. The van der Waals surface area contributed by atoms with E-state index in [0.29, 0.717) is 22.6 Å². The van der Waals surface area contributed by atoms with Crippen molar-refractivity contribution < 1.29 is 4.79 Å². The van der Waals surface area contributed by atoms with Crippen molar-refractivity contribution in [3.05, 3.63) is 118 Å². The molecular weight excluding hydrogens is 544 g/mol. The van der Waals surface area contributed by atoms with Crippen LogP contribution in [0.4, 0.5) is 5.69 Å². The molecule has 9 heteroatoms. The molecule has 8 nitrogen and oxygen atoms in total. The molecule has 2 heterocycles. The number of nitrogens with one attached hydrogen (secondary N) is 1. The van der Waals surface area contributed by atoms with E-state index in [0.717, 1.165) is 28.3 Å². The monoisotopic (exact) mass is 574 g/mol. The number of hydrogen-bond donors (Lipinski definition) is 1. The lowest BCUT2D eigenvalue weighted by Crippen LogP contribution is -2.23. The summed E-state index contributed by atoms with van der Waals surface area (Å²) in [5, 5.41) is 17.5. The number of carbonyl (C=O) groups is 1. The maximum absolute atomic E-state index is 13.4. The molecule has 2 aromatic heterocycles. The largest absolute Gasteiger partial charge is 0.315 e. The van der Waals surface area contributed by atoms with Gasteiger partial charge in [0.25, 0.3) is 11.5 Å². The summed E-state index contributed by atoms with van der Waals surface area (Å²) in [5.74, 6) is 0.363. The van der Waals surface area contributed by atoms with Gasteiger partial charge in [-0.3, -0.25) is 14.3 Å². The van der Waals surface area contributed by atoms with Crippen LogP contribution in [0.15, 0.2) is 106 Å². The summed E-state index contributed by atoms with van der Waals surface area (Å²) in [6, 6.07) is 28.9. The van der Waals surface area contributed by atoms with Crippen molar-refractivity contribution in [1.82, 2.24) is 19.1 Å². The maximum Gasteiger partial charge on any atom is 0.295 e. The Morgan fingerprint density at radius 3 is 2.26 bits per heavy atom. The number of amides is 1. The van der Waals surface area contributed by atoms with Gasteiger partial charge < -0.3 is 5.32 Å². The Balaban J connectivity index is 1.52. The Labute approximate surface area is 248 Å². The lowest BCUT2D eigenvalue weighted by Gasteiger charge is -2.07. The first-order chi connectivity index (χ1) is 20.4. The minimum Gasteiger partial charge on any atom is -0.315 e. The van der Waals surface area contributed by atoms with Gasteiger partial charge in [-0.2, -0.15) is 10.4 Å². The fraction of sp³-hybridized carbons (Fsp3) is 0.152. The topological polar surface area (TPSA) is 97.6 Å². The molecule has 0 saturated carbocycles. The van der Waals surface area contributed by atoms with Gasteiger partial charge >= 0.3 is 0 Å². The molecular formula is C33H30N6O2S. The molecule has 42 heavy (non-hydrogen) atoms. The zero-order valence-electron chi connectivity index (χ0n) is 23.6. The van der Waals surface area contributed by atoms with E-state index in [1.165, 1.54) is 10.8 Å². The third-order valence-electron chi connectivity index (χ3n) is 6.82. The fourth-order valence-corrected chi connectivity index (χ4v) is 5.32. The van der Waals surface area contributed by atoms with Crippen LogP contribution in [0.3, 0.4) is 0 Å². The highest BCUT2D eigenvalue weighted by molar-refractivity contribution is 7.99. The standard InChI is InChI=1S/C33H30N6O2S/c1-4-19-42-29-17-15-24(16-18-29)31-26(22-38(36-31)27-11-7-5-8-12-27)20-25(21-34)32(40)35-30-23(2)37(3)39(33(30)41)28-13-9-6-10-14-28/h5-18,20,22H,4,19H2,1-3H3,(H,35,40)/b25-20-. The van der Waals surface area contributed by atoms with E-state index in [1.807, 2.05) is 78.9 Å². The van der Waals surface area contributed by atoms with Crippen molar-refractivity contribution in [3.63, 3.8) is 0 Å². The van der Waals surface area contributed by atoms with Crippen molar-refractivity contribution in [2.45, 2.75) is 25.2 Å². The molecule has 210 valence electrons. The number of carbonyl (C=O) groups excluding carboxylic acids is 1. The first-order valence-corrected chi connectivity index (χ1v) is 14.5. The lowest BCUT2D eigenvalue weighted by atomic mass is 10.1. The highest BCUT2D eigenvalue weighted by Crippen LogP contribution is 2.29. The summed E-state index contributed by atoms with van der Waals surface area (Å²) in [6.07, 6.45) is 4.40. The van der Waals surface area contributed by atoms with Crippen molar-refractivity contribution in [3.8, 4) is 28.7 Å². The molecule has 0 aliphatic heterocycles. The van der Waals surface area contributed by atoms with Gasteiger partial charge in [0.15, 0.2) is 0 Å². The third kappa shape index (κ3) is 5.85. The maximum atomic E-state index is 13.4. The van der Waals surface area contributed by atoms with Crippen molar-refractivity contribution in [1.29, 1.82) is 5.26 Å². The van der Waals surface area contributed by atoms with E-state index in [9.17, 15) is 14.9 Å². The second-order valence-electron chi connectivity index (χ2n) is 9.65. The van der Waals surface area contributed by atoms with Crippen LogP contribution in [-0.2, 0) is 11.8 Å². The van der Waals surface area contributed by atoms with Gasteiger partial charge in [0.05, 0.1) is 22.8 Å². The zero-order chi connectivity index (χ0) is 29.6. The van der Waals surface area contributed by atoms with Crippen molar-refractivity contribution in [2.24, 2.45) is 7.05 Å². The number of thioether (sulfide) groups is 1. The number of para-hydroxylation sites is 2. The first-order valence-electron chi connectivity index (χ1n) is 13.6. The highest BCUT2D eigenvalue weighted by Gasteiger charge is 2.21. The van der Waals surface area contributed by atoms with Crippen molar-refractivity contribution in [2.75, 3.05) is 11.1 Å². The number of nitriles is 1. The van der Waals surface area contributed by atoms with Crippen LogP contribution >= 0.6 is 11.8 Å². The minimum atomic E-state index is -0.673. The Bertz CT molecular complexity index is 1840. The smallest absolute Gasteiger partial charge is 0.295 e. The summed E-state index contributed by atoms with van der Waals surface area (Å²) in [7, 11) is 1.75. The van der Waals surface area contributed by atoms with Gasteiger partial charge in [-0.1, -0.05) is 55.5 Å². The predicted molar refractivity (Wildman–Crippen MR) is 168 cm³/mol. The van der Waals surface area contributed by atoms with Crippen LogP contribution in [0.2, 0.25) is 0 Å². The van der Waals surface area contributed by atoms with E-state index in [4.69, 9.17) is 5.10 Å². The predicted octanol–water partition coefficient (Wildman–Crippen LogP) is 6.38. The van der Waals surface area contributed by atoms with Crippen LogP contribution in [-0.4, -0.2) is 30.8 Å². The quantitative estimate of drug-likeness (QED) is 0.125. The molecule has 0 radical (unpaired) electrons. The fourth-order valence-electron chi connectivity index (χ4n) is 4.56. The van der Waals surface area contributed by atoms with Gasteiger partial charge in [0, 0.05) is 29.3 Å². The number of rotatable bonds is 9. The Morgan fingerprint density at radius 1 is 1.00 bits per heavy atom. The van der Waals surface area contributed by atoms with Crippen LogP contribution < -0.4 is 10.9 Å². The average molecular weight is 575 g/mol. The molecule has 0 bridgehead atoms. The van der Waals surface area contributed by atoms with Gasteiger partial charge in [-0.25, -0.2) is 9.36 Å². The second-order valence-corrected chi connectivity index (χ2v) is 10.8. The van der Waals surface area contributed by atoms with Gasteiger partial charge in [0.2, 0.25) is 0 Å². The summed E-state index contributed by atoms with van der Waals surface area (Å²) in [4.78, 5) is 27.9. The van der Waals surface area contributed by atoms with Gasteiger partial charge in [-0.15, -0.1) is 11.8 Å². The number of aromatic nitrogens is 4. The molecule has 1 amide bonds. The van der Waals surface area contributed by atoms with Crippen LogP contribution in [0.5, 0.6) is 0 Å². The molecule has 0 aliphatic carbocycles. The zero-order valence-corrected chi connectivity index (χ0v) is 24.4. The van der Waals surface area contributed by atoms with Crippen molar-refractivity contribution >= 4 is 29.4 Å². The highest BCUT2D eigenvalue weighted by atomic mass is 32.2. The molecule has 0 spiro atoms. The van der Waals surface area contributed by atoms with Crippen LogP contribution in [0.1, 0.15) is 24.6 Å². The first kappa shape index (κ1) is 28.5. The SMILES string of the molecule is CCCSc1ccc(-c2nn(-c3ccccc3)cc2/C=C(/C#N)C(=O)Nc2c(C)n(C)n(-c3ccccc3)c2=O)cc1. The number of hydrogen-bond acceptors (Lipinski definition) is 5. The summed E-state index contributed by atoms with van der Waals surface area (Å²) >= 11 is 1.79. The Morgan fingerprint density at radius 2 is 1.64 bits per heavy atom. The third-order valence-corrected chi connectivity index (χ3v) is 8.04. The van der Waals surface area contributed by atoms with E-state index >= 15 is 0 Å². The van der Waals surface area contributed by atoms with E-state index in [2.05, 4.69) is 24.4 Å².